The van der Waals surface area contributed by atoms with Crippen LogP contribution in [0.5, 0.6) is 5.75 Å². The van der Waals surface area contributed by atoms with Crippen LogP contribution in [-0.4, -0.2) is 23.7 Å². The summed E-state index contributed by atoms with van der Waals surface area (Å²) in [4.78, 5) is 8.51. The molecule has 0 bridgehead atoms. The Bertz CT molecular complexity index is 590. The molecule has 2 rings (SSSR count). The Morgan fingerprint density at radius 2 is 2.05 bits per heavy atom. The predicted octanol–water partition coefficient (Wildman–Crippen LogP) is 2.22. The van der Waals surface area contributed by atoms with Crippen LogP contribution in [0.15, 0.2) is 30.3 Å². The van der Waals surface area contributed by atoms with Gasteiger partial charge < -0.3 is 20.5 Å². The lowest BCUT2D eigenvalue weighted by Crippen LogP contribution is -2.08. The van der Waals surface area contributed by atoms with E-state index in [0.29, 0.717) is 37.2 Å². The smallest absolute Gasteiger partial charge is 0.158 e. The fourth-order valence-electron chi connectivity index (χ4n) is 1.90. The second-order valence-corrected chi connectivity index (χ2v) is 4.40. The van der Waals surface area contributed by atoms with Crippen molar-refractivity contribution in [3.8, 4) is 5.75 Å². The number of aromatic nitrogens is 2. The minimum atomic E-state index is 0.352. The molecule has 0 aliphatic carbocycles. The Morgan fingerprint density at radius 3 is 2.81 bits per heavy atom. The van der Waals surface area contributed by atoms with Crippen molar-refractivity contribution in [3.05, 3.63) is 41.7 Å². The van der Waals surface area contributed by atoms with E-state index in [0.717, 1.165) is 11.3 Å². The van der Waals surface area contributed by atoms with Crippen LogP contribution in [-0.2, 0) is 17.9 Å². The van der Waals surface area contributed by atoms with Crippen LogP contribution < -0.4 is 15.8 Å². The summed E-state index contributed by atoms with van der Waals surface area (Å²) in [5.41, 5.74) is 6.83. The number of ether oxygens (including phenoxy) is 2. The van der Waals surface area contributed by atoms with Crippen LogP contribution in [0, 0.1) is 0 Å². The Labute approximate surface area is 124 Å². The summed E-state index contributed by atoms with van der Waals surface area (Å²) in [6.45, 7) is 3.48. The van der Waals surface area contributed by atoms with Crippen molar-refractivity contribution >= 4 is 11.6 Å². The Balaban J connectivity index is 2.07. The van der Waals surface area contributed by atoms with Crippen molar-refractivity contribution in [2.75, 3.05) is 24.8 Å². The number of nitrogens with one attached hydrogen (secondary N) is 1. The standard InChI is InChI=1S/C15H20N4O2/c1-3-21-10-15-18-13(16)8-14(19-15)17-9-11-6-4-5-7-12(11)20-2/h4-8H,3,9-10H2,1-2H3,(H3,16,17,18,19). The molecule has 0 radical (unpaired) electrons. The molecule has 0 aliphatic heterocycles. The number of methoxy groups -OCH3 is 1. The number of anilines is 2. The molecular weight excluding hydrogens is 268 g/mol. The molecule has 3 N–H and O–H groups in total. The highest BCUT2D eigenvalue weighted by molar-refractivity contribution is 5.46. The summed E-state index contributed by atoms with van der Waals surface area (Å²) in [7, 11) is 1.65. The SMILES string of the molecule is CCOCc1nc(N)cc(NCc2ccccc2OC)n1. The first kappa shape index (κ1) is 15.1. The second-order valence-electron chi connectivity index (χ2n) is 4.40. The molecule has 1 aromatic carbocycles. The van der Waals surface area contributed by atoms with Crippen LogP contribution >= 0.6 is 0 Å². The fraction of sp³-hybridized carbons (Fsp3) is 0.333. The summed E-state index contributed by atoms with van der Waals surface area (Å²) in [5.74, 6) is 2.49. The highest BCUT2D eigenvalue weighted by atomic mass is 16.5. The summed E-state index contributed by atoms with van der Waals surface area (Å²) in [6, 6.07) is 9.52. The average molecular weight is 288 g/mol. The quantitative estimate of drug-likeness (QED) is 0.813. The molecule has 0 saturated heterocycles. The maximum absolute atomic E-state index is 5.78. The number of para-hydroxylation sites is 1. The topological polar surface area (TPSA) is 82.3 Å². The third-order valence-corrected chi connectivity index (χ3v) is 2.88. The molecule has 6 nitrogen and oxygen atoms in total. The largest absolute Gasteiger partial charge is 0.496 e. The van der Waals surface area contributed by atoms with Crippen LogP contribution in [0.1, 0.15) is 18.3 Å². The number of hydrogen-bond acceptors (Lipinski definition) is 6. The average Bonchev–Trinajstić information content (AvgIpc) is 2.50. The number of nitrogens with zero attached hydrogens (tertiary/aromatic N) is 2. The van der Waals surface area contributed by atoms with Crippen molar-refractivity contribution in [1.82, 2.24) is 9.97 Å². The van der Waals surface area contributed by atoms with Crippen LogP contribution in [0.25, 0.3) is 0 Å². The van der Waals surface area contributed by atoms with Crippen LogP contribution in [0.2, 0.25) is 0 Å². The molecule has 6 heteroatoms. The van der Waals surface area contributed by atoms with E-state index in [1.807, 2.05) is 31.2 Å². The third-order valence-electron chi connectivity index (χ3n) is 2.88. The van der Waals surface area contributed by atoms with Crippen molar-refractivity contribution in [3.63, 3.8) is 0 Å². The summed E-state index contributed by atoms with van der Waals surface area (Å²) < 4.78 is 10.6. The molecule has 0 spiro atoms. The summed E-state index contributed by atoms with van der Waals surface area (Å²) in [6.07, 6.45) is 0. The molecule has 0 fully saturated rings. The van der Waals surface area contributed by atoms with Gasteiger partial charge >= 0.3 is 0 Å². The first-order chi connectivity index (χ1) is 10.2. The van der Waals surface area contributed by atoms with E-state index in [2.05, 4.69) is 15.3 Å². The number of nitrogen functional groups attached to an aromatic ring is 1. The van der Waals surface area contributed by atoms with Gasteiger partial charge in [0.1, 0.15) is 24.0 Å². The third kappa shape index (κ3) is 4.32. The van der Waals surface area contributed by atoms with E-state index in [4.69, 9.17) is 15.2 Å². The zero-order valence-electron chi connectivity index (χ0n) is 12.3. The molecular formula is C15H20N4O2. The first-order valence-corrected chi connectivity index (χ1v) is 6.80. The van der Waals surface area contributed by atoms with Gasteiger partial charge in [-0.1, -0.05) is 18.2 Å². The minimum Gasteiger partial charge on any atom is -0.496 e. The van der Waals surface area contributed by atoms with Gasteiger partial charge in [0, 0.05) is 24.8 Å². The highest BCUT2D eigenvalue weighted by Gasteiger charge is 2.05. The van der Waals surface area contributed by atoms with Crippen molar-refractivity contribution in [2.45, 2.75) is 20.1 Å². The van der Waals surface area contributed by atoms with E-state index < -0.39 is 0 Å². The van der Waals surface area contributed by atoms with E-state index in [-0.39, 0.29) is 0 Å². The van der Waals surface area contributed by atoms with Gasteiger partial charge in [-0.2, -0.15) is 0 Å². The second kappa shape index (κ2) is 7.44. The number of rotatable bonds is 7. The zero-order chi connectivity index (χ0) is 15.1. The van der Waals surface area contributed by atoms with E-state index in [1.54, 1.807) is 13.2 Å². The lowest BCUT2D eigenvalue weighted by Gasteiger charge is -2.11. The molecule has 1 aromatic heterocycles. The monoisotopic (exact) mass is 288 g/mol. The van der Waals surface area contributed by atoms with Gasteiger partial charge in [0.15, 0.2) is 5.82 Å². The van der Waals surface area contributed by atoms with Gasteiger partial charge in [0.05, 0.1) is 7.11 Å². The molecule has 0 aliphatic rings. The molecule has 0 unspecified atom stereocenters. The normalized spacial score (nSPS) is 10.4. The van der Waals surface area contributed by atoms with Gasteiger partial charge in [0.2, 0.25) is 0 Å². The maximum atomic E-state index is 5.78. The van der Waals surface area contributed by atoms with Crippen molar-refractivity contribution < 1.29 is 9.47 Å². The number of hydrogen-bond donors (Lipinski definition) is 2. The van der Waals surface area contributed by atoms with Gasteiger partial charge in [-0.05, 0) is 13.0 Å². The van der Waals surface area contributed by atoms with Gasteiger partial charge in [-0.25, -0.2) is 9.97 Å². The van der Waals surface area contributed by atoms with Crippen LogP contribution in [0.4, 0.5) is 11.6 Å². The Hall–Kier alpha value is -2.34. The fourth-order valence-corrected chi connectivity index (χ4v) is 1.90. The minimum absolute atomic E-state index is 0.352. The van der Waals surface area contributed by atoms with E-state index in [1.165, 1.54) is 0 Å². The van der Waals surface area contributed by atoms with E-state index >= 15 is 0 Å². The molecule has 112 valence electrons. The molecule has 1 heterocycles. The molecule has 0 saturated carbocycles. The molecule has 21 heavy (non-hydrogen) atoms. The molecule has 0 amide bonds. The Morgan fingerprint density at radius 1 is 1.24 bits per heavy atom. The van der Waals surface area contributed by atoms with Crippen molar-refractivity contribution in [1.29, 1.82) is 0 Å². The van der Waals surface area contributed by atoms with E-state index in [9.17, 15) is 0 Å². The molecule has 2 aromatic rings. The van der Waals surface area contributed by atoms with Gasteiger partial charge in [-0.3, -0.25) is 0 Å². The lowest BCUT2D eigenvalue weighted by molar-refractivity contribution is 0.128. The van der Waals surface area contributed by atoms with Gasteiger partial charge in [0.25, 0.3) is 0 Å². The highest BCUT2D eigenvalue weighted by Crippen LogP contribution is 2.19. The Kier molecular flexibility index (Phi) is 5.34. The summed E-state index contributed by atoms with van der Waals surface area (Å²) >= 11 is 0. The summed E-state index contributed by atoms with van der Waals surface area (Å²) in [5, 5.41) is 3.23. The van der Waals surface area contributed by atoms with Crippen LogP contribution in [0.3, 0.4) is 0 Å². The predicted molar refractivity (Wildman–Crippen MR) is 82.1 cm³/mol. The number of benzene rings is 1. The van der Waals surface area contributed by atoms with Crippen molar-refractivity contribution in [2.24, 2.45) is 0 Å². The molecule has 0 atom stereocenters. The first-order valence-electron chi connectivity index (χ1n) is 6.80. The van der Waals surface area contributed by atoms with Gasteiger partial charge in [-0.15, -0.1) is 0 Å². The number of nitrogens with two attached hydrogens (primary N) is 1. The maximum Gasteiger partial charge on any atom is 0.158 e. The zero-order valence-corrected chi connectivity index (χ0v) is 12.3. The lowest BCUT2D eigenvalue weighted by atomic mass is 10.2.